The molecule has 1 aliphatic carbocycles. The van der Waals surface area contributed by atoms with Crippen LogP contribution in [0.15, 0.2) is 33.9 Å². The van der Waals surface area contributed by atoms with E-state index >= 15 is 0 Å². The van der Waals surface area contributed by atoms with Gasteiger partial charge >= 0.3 is 0 Å². The standard InChI is InChI=1S/C22H33N5O2/c1-5-23-21(27-15-20-25-14-18(29-20)22(2,3)4)26-13-16-10-11-24-19(12-16)28-17-8-6-7-9-17/h10-12,14,17H,5-9,13,15H2,1-4H3,(H2,23,26,27). The Morgan fingerprint density at radius 1 is 1.24 bits per heavy atom. The van der Waals surface area contributed by atoms with Crippen molar-refractivity contribution in [3.8, 4) is 5.88 Å². The molecule has 0 amide bonds. The number of aromatic nitrogens is 2. The van der Waals surface area contributed by atoms with E-state index in [1.165, 1.54) is 12.8 Å². The van der Waals surface area contributed by atoms with Crippen molar-refractivity contribution in [3.05, 3.63) is 41.7 Å². The molecule has 0 radical (unpaired) electrons. The van der Waals surface area contributed by atoms with Gasteiger partial charge in [-0.15, -0.1) is 0 Å². The molecule has 0 atom stereocenters. The highest BCUT2D eigenvalue weighted by Gasteiger charge is 2.19. The zero-order valence-corrected chi connectivity index (χ0v) is 18.0. The van der Waals surface area contributed by atoms with Gasteiger partial charge < -0.3 is 19.8 Å². The maximum atomic E-state index is 5.99. The summed E-state index contributed by atoms with van der Waals surface area (Å²) in [7, 11) is 0. The van der Waals surface area contributed by atoms with Crippen molar-refractivity contribution in [3.63, 3.8) is 0 Å². The smallest absolute Gasteiger partial charge is 0.213 e. The van der Waals surface area contributed by atoms with E-state index in [4.69, 9.17) is 9.15 Å². The van der Waals surface area contributed by atoms with Gasteiger partial charge in [0.15, 0.2) is 5.96 Å². The minimum absolute atomic E-state index is 0.0521. The first kappa shape index (κ1) is 21.1. The van der Waals surface area contributed by atoms with Gasteiger partial charge in [0.2, 0.25) is 11.8 Å². The Bertz CT molecular complexity index is 804. The lowest BCUT2D eigenvalue weighted by Crippen LogP contribution is -2.36. The lowest BCUT2D eigenvalue weighted by molar-refractivity contribution is 0.201. The second-order valence-electron chi connectivity index (χ2n) is 8.44. The predicted molar refractivity (Wildman–Crippen MR) is 114 cm³/mol. The van der Waals surface area contributed by atoms with Crippen LogP contribution >= 0.6 is 0 Å². The number of guanidine groups is 1. The van der Waals surface area contributed by atoms with Crippen LogP contribution in [0.5, 0.6) is 5.88 Å². The van der Waals surface area contributed by atoms with Gasteiger partial charge in [0.05, 0.1) is 19.3 Å². The molecule has 0 aliphatic heterocycles. The number of hydrogen-bond donors (Lipinski definition) is 2. The number of nitrogens with one attached hydrogen (secondary N) is 2. The Morgan fingerprint density at radius 2 is 2.03 bits per heavy atom. The summed E-state index contributed by atoms with van der Waals surface area (Å²) in [5, 5.41) is 6.54. The Morgan fingerprint density at radius 3 is 2.72 bits per heavy atom. The Kier molecular flexibility index (Phi) is 7.12. The molecule has 3 rings (SSSR count). The van der Waals surface area contributed by atoms with Crippen molar-refractivity contribution in [2.24, 2.45) is 4.99 Å². The molecule has 2 heterocycles. The van der Waals surface area contributed by atoms with Crippen LogP contribution in [0, 0.1) is 0 Å². The summed E-state index contributed by atoms with van der Waals surface area (Å²) < 4.78 is 11.8. The summed E-state index contributed by atoms with van der Waals surface area (Å²) in [5.74, 6) is 2.94. The molecule has 29 heavy (non-hydrogen) atoms. The van der Waals surface area contributed by atoms with Crippen LogP contribution < -0.4 is 15.4 Å². The zero-order valence-electron chi connectivity index (χ0n) is 18.0. The van der Waals surface area contributed by atoms with Gasteiger partial charge in [-0.25, -0.2) is 15.0 Å². The number of oxazole rings is 1. The molecule has 158 valence electrons. The highest BCUT2D eigenvalue weighted by molar-refractivity contribution is 5.79. The average Bonchev–Trinajstić information content (AvgIpc) is 3.36. The van der Waals surface area contributed by atoms with Crippen molar-refractivity contribution >= 4 is 5.96 Å². The Hall–Kier alpha value is -2.57. The maximum absolute atomic E-state index is 5.99. The molecule has 0 saturated heterocycles. The molecule has 2 aromatic rings. The van der Waals surface area contributed by atoms with Gasteiger partial charge in [0, 0.05) is 24.2 Å². The van der Waals surface area contributed by atoms with Gasteiger partial charge in [-0.2, -0.15) is 0 Å². The third-order valence-corrected chi connectivity index (χ3v) is 4.85. The molecule has 2 aromatic heterocycles. The van der Waals surface area contributed by atoms with Crippen LogP contribution in [0.2, 0.25) is 0 Å². The number of hydrogen-bond acceptors (Lipinski definition) is 5. The molecular weight excluding hydrogens is 366 g/mol. The summed E-state index contributed by atoms with van der Waals surface area (Å²) in [5.41, 5.74) is 1.01. The lowest BCUT2D eigenvalue weighted by Gasteiger charge is -2.13. The Labute approximate surface area is 173 Å². The highest BCUT2D eigenvalue weighted by atomic mass is 16.5. The summed E-state index contributed by atoms with van der Waals surface area (Å²) >= 11 is 0. The second-order valence-corrected chi connectivity index (χ2v) is 8.44. The number of rotatable bonds is 7. The van der Waals surface area contributed by atoms with E-state index in [0.717, 1.165) is 36.7 Å². The molecule has 0 aromatic carbocycles. The summed E-state index contributed by atoms with van der Waals surface area (Å²) in [6.45, 7) is 10.2. The van der Waals surface area contributed by atoms with E-state index in [1.807, 2.05) is 19.1 Å². The molecule has 1 fully saturated rings. The number of aliphatic imine (C=N–C) groups is 1. The highest BCUT2D eigenvalue weighted by Crippen LogP contribution is 2.24. The average molecular weight is 400 g/mol. The largest absolute Gasteiger partial charge is 0.474 e. The van der Waals surface area contributed by atoms with E-state index in [0.29, 0.717) is 31.0 Å². The van der Waals surface area contributed by atoms with Crippen LogP contribution in [-0.2, 0) is 18.5 Å². The van der Waals surface area contributed by atoms with Gasteiger partial charge in [-0.1, -0.05) is 20.8 Å². The molecular formula is C22H33N5O2. The fraction of sp³-hybridized carbons (Fsp3) is 0.591. The van der Waals surface area contributed by atoms with Crippen molar-refractivity contribution in [1.29, 1.82) is 0 Å². The first-order valence-electron chi connectivity index (χ1n) is 10.5. The number of pyridine rings is 1. The van der Waals surface area contributed by atoms with E-state index in [9.17, 15) is 0 Å². The molecule has 0 bridgehead atoms. The van der Waals surface area contributed by atoms with Crippen LogP contribution in [0.3, 0.4) is 0 Å². The molecule has 1 aliphatic rings. The molecule has 1 saturated carbocycles. The molecule has 0 unspecified atom stereocenters. The van der Waals surface area contributed by atoms with E-state index in [1.54, 1.807) is 12.4 Å². The molecule has 2 N–H and O–H groups in total. The summed E-state index contributed by atoms with van der Waals surface area (Å²) in [6, 6.07) is 3.95. The minimum Gasteiger partial charge on any atom is -0.474 e. The van der Waals surface area contributed by atoms with Crippen molar-refractivity contribution in [2.45, 2.75) is 78.0 Å². The normalized spacial score (nSPS) is 15.5. The first-order valence-corrected chi connectivity index (χ1v) is 10.5. The van der Waals surface area contributed by atoms with Gasteiger partial charge in [-0.3, -0.25) is 0 Å². The molecule has 7 nitrogen and oxygen atoms in total. The third kappa shape index (κ3) is 6.48. The van der Waals surface area contributed by atoms with Crippen LogP contribution in [0.1, 0.15) is 70.6 Å². The quantitative estimate of drug-likeness (QED) is 0.542. The summed E-state index contributed by atoms with van der Waals surface area (Å²) in [6.07, 6.45) is 8.62. The van der Waals surface area contributed by atoms with Crippen LogP contribution in [0.25, 0.3) is 0 Å². The fourth-order valence-corrected chi connectivity index (χ4v) is 3.20. The molecule has 0 spiro atoms. The Balaban J connectivity index is 1.58. The summed E-state index contributed by atoms with van der Waals surface area (Å²) in [4.78, 5) is 13.4. The number of nitrogens with zero attached hydrogens (tertiary/aromatic N) is 3. The maximum Gasteiger partial charge on any atom is 0.213 e. The monoisotopic (exact) mass is 399 g/mol. The first-order chi connectivity index (χ1) is 13.9. The van der Waals surface area contributed by atoms with Crippen LogP contribution in [-0.4, -0.2) is 28.6 Å². The van der Waals surface area contributed by atoms with Gasteiger partial charge in [0.1, 0.15) is 11.9 Å². The van der Waals surface area contributed by atoms with Crippen molar-refractivity contribution < 1.29 is 9.15 Å². The van der Waals surface area contributed by atoms with Crippen molar-refractivity contribution in [1.82, 2.24) is 20.6 Å². The fourth-order valence-electron chi connectivity index (χ4n) is 3.20. The van der Waals surface area contributed by atoms with Gasteiger partial charge in [-0.05, 0) is 44.2 Å². The van der Waals surface area contributed by atoms with Crippen molar-refractivity contribution in [2.75, 3.05) is 6.54 Å². The van der Waals surface area contributed by atoms with E-state index < -0.39 is 0 Å². The predicted octanol–water partition coefficient (Wildman–Crippen LogP) is 3.94. The van der Waals surface area contributed by atoms with Gasteiger partial charge in [0.25, 0.3) is 0 Å². The minimum atomic E-state index is -0.0521. The number of ether oxygens (including phenoxy) is 1. The lowest BCUT2D eigenvalue weighted by atomic mass is 9.94. The SMILES string of the molecule is CCNC(=NCc1ccnc(OC2CCCC2)c1)NCc1ncc(C(C)(C)C)o1. The second kappa shape index (κ2) is 9.76. The van der Waals surface area contributed by atoms with E-state index in [-0.39, 0.29) is 5.41 Å². The zero-order chi connectivity index (χ0) is 20.7. The van der Waals surface area contributed by atoms with E-state index in [2.05, 4.69) is 46.4 Å². The third-order valence-electron chi connectivity index (χ3n) is 4.85. The topological polar surface area (TPSA) is 84.6 Å². The molecule has 7 heteroatoms. The van der Waals surface area contributed by atoms with Crippen LogP contribution in [0.4, 0.5) is 0 Å².